The van der Waals surface area contributed by atoms with Gasteiger partial charge in [0.15, 0.2) is 0 Å². The molecule has 8 nitrogen and oxygen atoms in total. The Bertz CT molecular complexity index is 469. The molecule has 1 fully saturated rings. The lowest BCUT2D eigenvalue weighted by molar-refractivity contribution is -0.0291. The minimum atomic E-state index is -4.23. The maximum absolute atomic E-state index is 12.1. The SMILES string of the molecule is CO[C@@H]1[C@H](OP(=O)(O)OC(C)C)[C@@H](CCP(=O)(O)OC)C[C@H]1C. The molecule has 0 heterocycles. The summed E-state index contributed by atoms with van der Waals surface area (Å²) in [7, 11) is -5.17. The first kappa shape index (κ1) is 21.3. The van der Waals surface area contributed by atoms with Crippen molar-refractivity contribution in [3.63, 3.8) is 0 Å². The summed E-state index contributed by atoms with van der Waals surface area (Å²) in [6.45, 7) is 5.22. The highest BCUT2D eigenvalue weighted by Crippen LogP contribution is 2.52. The second kappa shape index (κ2) is 8.54. The molecule has 0 aromatic rings. The van der Waals surface area contributed by atoms with Gasteiger partial charge in [0.2, 0.25) is 0 Å². The molecule has 2 N–H and O–H groups in total. The van der Waals surface area contributed by atoms with E-state index in [1.807, 2.05) is 6.92 Å². The predicted octanol–water partition coefficient (Wildman–Crippen LogP) is 2.79. The Morgan fingerprint density at radius 3 is 2.26 bits per heavy atom. The van der Waals surface area contributed by atoms with E-state index >= 15 is 0 Å². The van der Waals surface area contributed by atoms with E-state index in [-0.39, 0.29) is 24.1 Å². The van der Waals surface area contributed by atoms with Crippen molar-refractivity contribution in [1.82, 2.24) is 0 Å². The van der Waals surface area contributed by atoms with Crippen LogP contribution in [-0.2, 0) is 27.4 Å². The summed E-state index contributed by atoms with van der Waals surface area (Å²) in [4.78, 5) is 19.4. The van der Waals surface area contributed by atoms with Gasteiger partial charge < -0.3 is 19.0 Å². The third kappa shape index (κ3) is 6.56. The summed E-state index contributed by atoms with van der Waals surface area (Å²) in [5, 5.41) is 0. The minimum absolute atomic E-state index is 0.0437. The highest BCUT2D eigenvalue weighted by molar-refractivity contribution is 7.52. The van der Waals surface area contributed by atoms with Crippen molar-refractivity contribution in [2.45, 2.75) is 51.9 Å². The maximum Gasteiger partial charge on any atom is 0.472 e. The van der Waals surface area contributed by atoms with Crippen molar-refractivity contribution in [3.8, 4) is 0 Å². The third-order valence-electron chi connectivity index (χ3n) is 3.96. The standard InChI is InChI=1S/C13H28O8P2/c1-9(2)20-23(16,17)21-13-11(6-7-22(14,15)19-5)8-10(3)12(13)18-4/h9-13H,6-8H2,1-5H3,(H,14,15)(H,16,17)/t10-,11+,12+,13-/m1/s1. The van der Waals surface area contributed by atoms with Gasteiger partial charge in [-0.05, 0) is 38.5 Å². The molecular formula is C13H28O8P2. The average Bonchev–Trinajstić information content (AvgIpc) is 2.70. The van der Waals surface area contributed by atoms with Crippen molar-refractivity contribution in [2.75, 3.05) is 20.4 Å². The first-order valence-corrected chi connectivity index (χ1v) is 10.9. The van der Waals surface area contributed by atoms with Gasteiger partial charge in [0.25, 0.3) is 0 Å². The Morgan fingerprint density at radius 1 is 1.17 bits per heavy atom. The van der Waals surface area contributed by atoms with Gasteiger partial charge in [-0.1, -0.05) is 6.92 Å². The summed E-state index contributed by atoms with van der Waals surface area (Å²) in [5.74, 6) is -0.100. The number of phosphoric ester groups is 1. The van der Waals surface area contributed by atoms with E-state index in [2.05, 4.69) is 4.52 Å². The molecule has 0 amide bonds. The number of ether oxygens (including phenoxy) is 1. The van der Waals surface area contributed by atoms with Crippen LogP contribution < -0.4 is 0 Å². The van der Waals surface area contributed by atoms with Crippen LogP contribution >= 0.6 is 15.4 Å². The van der Waals surface area contributed by atoms with Crippen molar-refractivity contribution in [3.05, 3.63) is 0 Å². The van der Waals surface area contributed by atoms with Crippen LogP contribution in [0.3, 0.4) is 0 Å². The zero-order chi connectivity index (χ0) is 17.8. The van der Waals surface area contributed by atoms with E-state index in [4.69, 9.17) is 13.8 Å². The fourth-order valence-corrected chi connectivity index (χ4v) is 5.02. The van der Waals surface area contributed by atoms with E-state index in [1.165, 1.54) is 14.2 Å². The summed E-state index contributed by atoms with van der Waals surface area (Å²) < 4.78 is 44.0. The first-order valence-electron chi connectivity index (χ1n) is 7.61. The van der Waals surface area contributed by atoms with Gasteiger partial charge in [0.1, 0.15) is 0 Å². The highest BCUT2D eigenvalue weighted by Gasteiger charge is 2.46. The van der Waals surface area contributed by atoms with Crippen LogP contribution in [0.25, 0.3) is 0 Å². The molecule has 1 rings (SSSR count). The number of hydrogen-bond donors (Lipinski definition) is 2. The Kier molecular flexibility index (Phi) is 7.90. The maximum atomic E-state index is 12.1. The summed E-state index contributed by atoms with van der Waals surface area (Å²) in [6.07, 6.45) is -0.571. The fourth-order valence-electron chi connectivity index (χ4n) is 3.00. The Morgan fingerprint density at radius 2 is 1.78 bits per heavy atom. The van der Waals surface area contributed by atoms with Crippen molar-refractivity contribution < 1.29 is 37.2 Å². The highest BCUT2D eigenvalue weighted by atomic mass is 31.2. The number of methoxy groups -OCH3 is 1. The Balaban J connectivity index is 2.83. The molecule has 6 atom stereocenters. The summed E-state index contributed by atoms with van der Waals surface area (Å²) >= 11 is 0. The molecule has 0 aliphatic heterocycles. The molecule has 0 aromatic carbocycles. The van der Waals surface area contributed by atoms with Gasteiger partial charge >= 0.3 is 15.4 Å². The second-order valence-electron chi connectivity index (χ2n) is 6.20. The topological polar surface area (TPSA) is 112 Å². The molecular weight excluding hydrogens is 346 g/mol. The van der Waals surface area contributed by atoms with E-state index in [0.717, 1.165) is 0 Å². The van der Waals surface area contributed by atoms with Crippen molar-refractivity contribution in [2.24, 2.45) is 11.8 Å². The number of hydrogen-bond acceptors (Lipinski definition) is 6. The van der Waals surface area contributed by atoms with E-state index in [0.29, 0.717) is 12.8 Å². The molecule has 138 valence electrons. The molecule has 1 saturated carbocycles. The van der Waals surface area contributed by atoms with Gasteiger partial charge in [-0.3, -0.25) is 13.6 Å². The summed E-state index contributed by atoms with van der Waals surface area (Å²) in [6, 6.07) is 0. The molecule has 0 aromatic heterocycles. The molecule has 0 radical (unpaired) electrons. The Hall–Kier alpha value is 0.220. The lowest BCUT2D eigenvalue weighted by Crippen LogP contribution is -2.32. The normalized spacial score (nSPS) is 33.6. The first-order chi connectivity index (χ1) is 10.5. The van der Waals surface area contributed by atoms with E-state index in [9.17, 15) is 18.9 Å². The van der Waals surface area contributed by atoms with Crippen molar-refractivity contribution >= 4 is 15.4 Å². The van der Waals surface area contributed by atoms with E-state index in [1.54, 1.807) is 13.8 Å². The average molecular weight is 374 g/mol. The van der Waals surface area contributed by atoms with Gasteiger partial charge in [-0.2, -0.15) is 0 Å². The molecule has 1 aliphatic rings. The van der Waals surface area contributed by atoms with E-state index < -0.39 is 27.6 Å². The zero-order valence-electron chi connectivity index (χ0n) is 14.2. The van der Waals surface area contributed by atoms with Crippen LogP contribution in [-0.4, -0.2) is 48.5 Å². The molecule has 2 unspecified atom stereocenters. The molecule has 0 saturated heterocycles. The van der Waals surface area contributed by atoms with Crippen molar-refractivity contribution in [1.29, 1.82) is 0 Å². The molecule has 10 heteroatoms. The van der Waals surface area contributed by atoms with Crippen LogP contribution in [0.2, 0.25) is 0 Å². The smallest absolute Gasteiger partial charge is 0.378 e. The summed E-state index contributed by atoms with van der Waals surface area (Å²) in [5.41, 5.74) is 0. The number of rotatable bonds is 9. The second-order valence-corrected chi connectivity index (χ2v) is 9.64. The van der Waals surface area contributed by atoms with Gasteiger partial charge in [0.05, 0.1) is 24.5 Å². The molecule has 0 spiro atoms. The van der Waals surface area contributed by atoms with Crippen LogP contribution in [0.1, 0.15) is 33.6 Å². The zero-order valence-corrected chi connectivity index (χ0v) is 16.0. The largest absolute Gasteiger partial charge is 0.472 e. The predicted molar refractivity (Wildman–Crippen MR) is 85.3 cm³/mol. The molecule has 0 bridgehead atoms. The molecule has 23 heavy (non-hydrogen) atoms. The minimum Gasteiger partial charge on any atom is -0.378 e. The lowest BCUT2D eigenvalue weighted by atomic mass is 10.0. The van der Waals surface area contributed by atoms with Crippen LogP contribution in [0, 0.1) is 11.8 Å². The van der Waals surface area contributed by atoms with Crippen LogP contribution in [0.15, 0.2) is 0 Å². The molecule has 1 aliphatic carbocycles. The van der Waals surface area contributed by atoms with Gasteiger partial charge in [-0.15, -0.1) is 0 Å². The fraction of sp³-hybridized carbons (Fsp3) is 1.00. The van der Waals surface area contributed by atoms with Crippen LogP contribution in [0.4, 0.5) is 0 Å². The lowest BCUT2D eigenvalue weighted by Gasteiger charge is -2.27. The third-order valence-corrected chi connectivity index (χ3v) is 6.55. The van der Waals surface area contributed by atoms with Crippen LogP contribution in [0.5, 0.6) is 0 Å². The van der Waals surface area contributed by atoms with Gasteiger partial charge in [-0.25, -0.2) is 4.57 Å². The van der Waals surface area contributed by atoms with Gasteiger partial charge in [0, 0.05) is 14.2 Å². The number of phosphoric acid groups is 1. The monoisotopic (exact) mass is 374 g/mol. The Labute approximate surface area is 137 Å². The quantitative estimate of drug-likeness (QED) is 0.593.